The second kappa shape index (κ2) is 9.18. The van der Waals surface area contributed by atoms with E-state index in [0.29, 0.717) is 41.1 Å². The zero-order valence-electron chi connectivity index (χ0n) is 19.9. The summed E-state index contributed by atoms with van der Waals surface area (Å²) in [7, 11) is 0. The maximum absolute atomic E-state index is 15.4. The smallest absolute Gasteiger partial charge is 0.282 e. The number of aromatic nitrogens is 4. The molecule has 0 saturated carbocycles. The summed E-state index contributed by atoms with van der Waals surface area (Å²) in [6.07, 6.45) is 3.66. The summed E-state index contributed by atoms with van der Waals surface area (Å²) < 4.78 is 38.2. The fourth-order valence-corrected chi connectivity index (χ4v) is 5.22. The van der Waals surface area contributed by atoms with Crippen molar-refractivity contribution in [2.24, 2.45) is 0 Å². The van der Waals surface area contributed by atoms with E-state index in [9.17, 15) is 10.1 Å². The topological polar surface area (TPSA) is 99.2 Å². The van der Waals surface area contributed by atoms with Crippen LogP contribution in [0.1, 0.15) is 5.69 Å². The lowest BCUT2D eigenvalue weighted by Crippen LogP contribution is -2.43. The minimum absolute atomic E-state index is 0.0222. The zero-order valence-corrected chi connectivity index (χ0v) is 20.6. The van der Waals surface area contributed by atoms with Crippen LogP contribution in [0.25, 0.3) is 22.2 Å². The third-order valence-electron chi connectivity index (χ3n) is 6.63. The van der Waals surface area contributed by atoms with Crippen LogP contribution in [0.15, 0.2) is 66.7 Å². The molecule has 3 aromatic heterocycles. The van der Waals surface area contributed by atoms with Crippen LogP contribution in [0.2, 0.25) is 5.15 Å². The van der Waals surface area contributed by atoms with Gasteiger partial charge in [0, 0.05) is 36.5 Å². The van der Waals surface area contributed by atoms with Crippen LogP contribution >= 0.6 is 11.6 Å². The van der Waals surface area contributed by atoms with Gasteiger partial charge in [0.05, 0.1) is 16.4 Å². The summed E-state index contributed by atoms with van der Waals surface area (Å²) in [5.74, 6) is 0.113. The number of nitrogens with zero attached hydrogens (tertiary/aromatic N) is 6. The van der Waals surface area contributed by atoms with Crippen molar-refractivity contribution in [1.29, 1.82) is 0 Å². The molecule has 9 nitrogen and oxygen atoms in total. The Morgan fingerprint density at radius 1 is 1.21 bits per heavy atom. The van der Waals surface area contributed by atoms with E-state index in [0.717, 1.165) is 11.8 Å². The predicted octanol–water partition coefficient (Wildman–Crippen LogP) is 5.64. The van der Waals surface area contributed by atoms with Gasteiger partial charge in [-0.15, -0.1) is 0 Å². The number of halogens is 3. The van der Waals surface area contributed by atoms with Gasteiger partial charge in [0.1, 0.15) is 22.9 Å². The lowest BCUT2D eigenvalue weighted by molar-refractivity contribution is -0.434. The Morgan fingerprint density at radius 3 is 2.82 bits per heavy atom. The molecule has 1 aliphatic carbocycles. The number of anilines is 1. The summed E-state index contributed by atoms with van der Waals surface area (Å²) >= 11 is 6.50. The average Bonchev–Trinajstić information content (AvgIpc) is 3.45. The largest absolute Gasteiger partial charge is 0.436 e. The Morgan fingerprint density at radius 2 is 2.05 bits per heavy atom. The van der Waals surface area contributed by atoms with Crippen LogP contribution < -0.4 is 9.64 Å². The molecule has 12 heteroatoms. The molecule has 0 fully saturated rings. The first-order valence-electron chi connectivity index (χ1n) is 11.7. The van der Waals surface area contributed by atoms with Gasteiger partial charge in [-0.2, -0.15) is 0 Å². The van der Waals surface area contributed by atoms with Gasteiger partial charge >= 0.3 is 0 Å². The molecule has 4 heterocycles. The van der Waals surface area contributed by atoms with E-state index < -0.39 is 28.7 Å². The van der Waals surface area contributed by atoms with Crippen molar-refractivity contribution in [3.63, 3.8) is 0 Å². The van der Waals surface area contributed by atoms with E-state index in [2.05, 4.69) is 15.0 Å². The van der Waals surface area contributed by atoms with Crippen molar-refractivity contribution in [2.75, 3.05) is 11.4 Å². The number of pyridine rings is 1. The molecule has 2 atom stereocenters. The molecular formula is C26H19ClF2N6O3. The van der Waals surface area contributed by atoms with E-state index in [1.807, 2.05) is 4.57 Å². The number of fused-ring (bicyclic) bond motifs is 3. The van der Waals surface area contributed by atoms with Crippen LogP contribution in [0.4, 0.5) is 14.6 Å². The number of hydrogen-bond acceptors (Lipinski definition) is 7. The van der Waals surface area contributed by atoms with Gasteiger partial charge in [0.25, 0.3) is 5.70 Å². The third kappa shape index (κ3) is 3.86. The predicted molar refractivity (Wildman–Crippen MR) is 137 cm³/mol. The fraction of sp³-hybridized carbons (Fsp3) is 0.192. The minimum Gasteiger partial charge on any atom is -0.436 e. The average molecular weight is 537 g/mol. The first kappa shape index (κ1) is 24.0. The van der Waals surface area contributed by atoms with Crippen LogP contribution in [0.5, 0.6) is 11.6 Å². The highest BCUT2D eigenvalue weighted by Crippen LogP contribution is 2.46. The van der Waals surface area contributed by atoms with Crippen molar-refractivity contribution in [3.05, 3.63) is 93.4 Å². The van der Waals surface area contributed by atoms with E-state index in [-0.39, 0.29) is 16.8 Å². The first-order valence-corrected chi connectivity index (χ1v) is 12.1. The second-order valence-electron chi connectivity index (χ2n) is 8.90. The number of nitro groups is 1. The highest BCUT2D eigenvalue weighted by atomic mass is 35.5. The highest BCUT2D eigenvalue weighted by molar-refractivity contribution is 6.35. The van der Waals surface area contributed by atoms with E-state index >= 15 is 8.78 Å². The Kier molecular flexibility index (Phi) is 5.79. The summed E-state index contributed by atoms with van der Waals surface area (Å²) in [4.78, 5) is 25.2. The van der Waals surface area contributed by atoms with Crippen LogP contribution in [0, 0.1) is 22.9 Å². The molecule has 0 N–H and O–H groups in total. The Bertz CT molecular complexity index is 1670. The molecule has 2 aliphatic rings. The number of aryl methyl sites for hydroxylation is 1. The van der Waals surface area contributed by atoms with Gasteiger partial charge in [-0.1, -0.05) is 35.9 Å². The molecule has 4 aromatic rings. The molecule has 1 aromatic carbocycles. The minimum atomic E-state index is -1.87. The standard InChI is InChI=1S/C26H19ClF2N6O3/c1-14-4-2-7-20(32-14)38-19-9-8-15(12-16(19)28)21-22-24(27)30-13-31-25(22)34-11-10-33(26(21)34)17-5-3-6-18(23(17)29)35(36)37/h2-9,12-13,17,23H,10-11H2,1H3. The molecule has 0 bridgehead atoms. The Labute approximate surface area is 219 Å². The summed E-state index contributed by atoms with van der Waals surface area (Å²) in [6, 6.07) is 8.68. The van der Waals surface area contributed by atoms with Gasteiger partial charge in [-0.3, -0.25) is 10.1 Å². The number of hydrogen-bond donors (Lipinski definition) is 0. The van der Waals surface area contributed by atoms with Crippen LogP contribution in [0.3, 0.4) is 0 Å². The van der Waals surface area contributed by atoms with Crippen molar-refractivity contribution < 1.29 is 18.4 Å². The maximum Gasteiger partial charge on any atom is 0.282 e. The van der Waals surface area contributed by atoms with Crippen molar-refractivity contribution in [2.45, 2.75) is 25.7 Å². The quantitative estimate of drug-likeness (QED) is 0.185. The number of alkyl halides is 1. The molecule has 38 heavy (non-hydrogen) atoms. The summed E-state index contributed by atoms with van der Waals surface area (Å²) in [5.41, 5.74) is 1.64. The molecule has 0 spiro atoms. The maximum atomic E-state index is 15.4. The van der Waals surface area contributed by atoms with Crippen LogP contribution in [-0.2, 0) is 6.54 Å². The van der Waals surface area contributed by atoms with Gasteiger partial charge in [0.15, 0.2) is 11.6 Å². The van der Waals surface area contributed by atoms with Crippen molar-refractivity contribution >= 4 is 28.5 Å². The summed E-state index contributed by atoms with van der Waals surface area (Å²) in [6.45, 7) is 2.59. The first-order chi connectivity index (χ1) is 18.3. The molecular weight excluding hydrogens is 518 g/mol. The Hall–Kier alpha value is -4.38. The Balaban J connectivity index is 1.47. The van der Waals surface area contributed by atoms with Gasteiger partial charge in [-0.05, 0) is 30.7 Å². The lowest BCUT2D eigenvalue weighted by atomic mass is 10.00. The van der Waals surface area contributed by atoms with Crippen LogP contribution in [-0.4, -0.2) is 43.2 Å². The summed E-state index contributed by atoms with van der Waals surface area (Å²) in [5, 5.41) is 12.0. The van der Waals surface area contributed by atoms with Gasteiger partial charge in [-0.25, -0.2) is 23.7 Å². The number of rotatable bonds is 5. The van der Waals surface area contributed by atoms with Crippen molar-refractivity contribution in [1.82, 2.24) is 19.5 Å². The van der Waals surface area contributed by atoms with E-state index in [1.165, 1.54) is 24.5 Å². The van der Waals surface area contributed by atoms with Gasteiger partial charge in [0.2, 0.25) is 12.1 Å². The number of benzene rings is 1. The molecule has 0 amide bonds. The molecule has 0 saturated heterocycles. The molecule has 0 radical (unpaired) electrons. The highest BCUT2D eigenvalue weighted by Gasteiger charge is 2.41. The number of ether oxygens (including phenoxy) is 1. The third-order valence-corrected chi connectivity index (χ3v) is 6.92. The fourth-order valence-electron chi connectivity index (χ4n) is 4.99. The molecule has 6 rings (SSSR count). The SMILES string of the molecule is Cc1cccc(Oc2ccc(-c3c4n(c5ncnc(Cl)c35)CCN4C3C=CC=C([N+](=O)[O-])C3F)cc2F)n1. The lowest BCUT2D eigenvalue weighted by Gasteiger charge is -2.30. The normalized spacial score (nSPS) is 18.5. The van der Waals surface area contributed by atoms with Crippen molar-refractivity contribution in [3.8, 4) is 22.8 Å². The van der Waals surface area contributed by atoms with E-state index in [4.69, 9.17) is 16.3 Å². The molecule has 2 unspecified atom stereocenters. The van der Waals surface area contributed by atoms with E-state index in [1.54, 1.807) is 42.2 Å². The number of allylic oxidation sites excluding steroid dienone is 2. The zero-order chi connectivity index (χ0) is 26.6. The monoisotopic (exact) mass is 536 g/mol. The van der Waals surface area contributed by atoms with Gasteiger partial charge < -0.3 is 14.2 Å². The molecule has 1 aliphatic heterocycles. The molecule has 192 valence electrons. The second-order valence-corrected chi connectivity index (χ2v) is 9.26.